The molecule has 0 fully saturated rings. The van der Waals surface area contributed by atoms with E-state index in [1.807, 2.05) is 0 Å². The molecule has 0 aliphatic rings. The predicted molar refractivity (Wildman–Crippen MR) is 62.3 cm³/mol. The maximum atomic E-state index is 11.5. The molecule has 6 nitrogen and oxygen atoms in total. The van der Waals surface area contributed by atoms with Crippen molar-refractivity contribution in [3.8, 4) is 11.3 Å². The minimum atomic E-state index is -0.578. The molecule has 0 amide bonds. The van der Waals surface area contributed by atoms with Crippen LogP contribution in [0.1, 0.15) is 6.92 Å². The molecule has 0 saturated carbocycles. The fraction of sp³-hybridized carbons (Fsp3) is 0.182. The SMILES string of the molecule is CCOC(=O)n1nc(-c2ccncc2)cc1N. The molecule has 2 rings (SSSR count). The third kappa shape index (κ3) is 2.25. The molecule has 0 saturated heterocycles. The molecule has 0 bridgehead atoms. The van der Waals surface area contributed by atoms with E-state index < -0.39 is 6.09 Å². The molecule has 0 aromatic carbocycles. The quantitative estimate of drug-likeness (QED) is 0.848. The first-order valence-electron chi connectivity index (χ1n) is 5.15. The zero-order valence-corrected chi connectivity index (χ0v) is 9.33. The van der Waals surface area contributed by atoms with Gasteiger partial charge in [0.25, 0.3) is 0 Å². The maximum Gasteiger partial charge on any atom is 0.436 e. The Balaban J connectivity index is 2.34. The van der Waals surface area contributed by atoms with Gasteiger partial charge < -0.3 is 10.5 Å². The summed E-state index contributed by atoms with van der Waals surface area (Å²) in [5, 5.41) is 4.09. The lowest BCUT2D eigenvalue weighted by Crippen LogP contribution is -2.17. The van der Waals surface area contributed by atoms with Crippen molar-refractivity contribution in [3.63, 3.8) is 0 Å². The smallest absolute Gasteiger partial charge is 0.436 e. The number of nitrogens with two attached hydrogens (primary N) is 1. The molecular weight excluding hydrogens is 220 g/mol. The van der Waals surface area contributed by atoms with Crippen molar-refractivity contribution < 1.29 is 9.53 Å². The lowest BCUT2D eigenvalue weighted by molar-refractivity contribution is 0.151. The molecule has 0 aliphatic heterocycles. The molecular formula is C11H12N4O2. The number of carbonyl (C=O) groups excluding carboxylic acids is 1. The normalized spacial score (nSPS) is 10.2. The van der Waals surface area contributed by atoms with E-state index in [-0.39, 0.29) is 12.4 Å². The van der Waals surface area contributed by atoms with Crippen LogP contribution in [-0.2, 0) is 4.74 Å². The van der Waals surface area contributed by atoms with E-state index in [4.69, 9.17) is 10.5 Å². The van der Waals surface area contributed by atoms with E-state index in [1.54, 1.807) is 37.5 Å². The monoisotopic (exact) mass is 232 g/mol. The summed E-state index contributed by atoms with van der Waals surface area (Å²) in [6.45, 7) is 2.00. The largest absolute Gasteiger partial charge is 0.448 e. The number of hydrogen-bond donors (Lipinski definition) is 1. The maximum absolute atomic E-state index is 11.5. The van der Waals surface area contributed by atoms with Crippen LogP contribution in [0.5, 0.6) is 0 Å². The number of nitrogen functional groups attached to an aromatic ring is 1. The van der Waals surface area contributed by atoms with Gasteiger partial charge in [0, 0.05) is 24.0 Å². The van der Waals surface area contributed by atoms with Gasteiger partial charge in [-0.25, -0.2) is 4.79 Å². The first kappa shape index (κ1) is 11.1. The highest BCUT2D eigenvalue weighted by Gasteiger charge is 2.13. The van der Waals surface area contributed by atoms with Crippen molar-refractivity contribution >= 4 is 11.9 Å². The summed E-state index contributed by atoms with van der Waals surface area (Å²) in [5.41, 5.74) is 7.15. The van der Waals surface area contributed by atoms with Crippen molar-refractivity contribution in [3.05, 3.63) is 30.6 Å². The molecule has 0 atom stereocenters. The minimum absolute atomic E-state index is 0.246. The third-order valence-corrected chi connectivity index (χ3v) is 2.15. The summed E-state index contributed by atoms with van der Waals surface area (Å²) in [6, 6.07) is 5.20. The van der Waals surface area contributed by atoms with Crippen molar-refractivity contribution in [1.29, 1.82) is 0 Å². The lowest BCUT2D eigenvalue weighted by atomic mass is 10.2. The fourth-order valence-corrected chi connectivity index (χ4v) is 1.39. The molecule has 17 heavy (non-hydrogen) atoms. The summed E-state index contributed by atoms with van der Waals surface area (Å²) in [6.07, 6.45) is 2.72. The summed E-state index contributed by atoms with van der Waals surface area (Å²) < 4.78 is 5.87. The van der Waals surface area contributed by atoms with Crippen molar-refractivity contribution in [1.82, 2.24) is 14.8 Å². The molecule has 0 aliphatic carbocycles. The summed E-state index contributed by atoms with van der Waals surface area (Å²) in [5.74, 6) is 0.246. The highest BCUT2D eigenvalue weighted by atomic mass is 16.6. The molecule has 2 heterocycles. The number of carbonyl (C=O) groups is 1. The summed E-state index contributed by atoms with van der Waals surface area (Å²) in [7, 11) is 0. The highest BCUT2D eigenvalue weighted by Crippen LogP contribution is 2.19. The van der Waals surface area contributed by atoms with E-state index in [0.29, 0.717) is 5.69 Å². The Bertz CT molecular complexity index is 522. The molecule has 0 unspecified atom stereocenters. The lowest BCUT2D eigenvalue weighted by Gasteiger charge is -2.01. The number of rotatable bonds is 2. The Morgan fingerprint density at radius 2 is 2.18 bits per heavy atom. The number of hydrogen-bond acceptors (Lipinski definition) is 5. The highest BCUT2D eigenvalue weighted by molar-refractivity contribution is 5.76. The first-order chi connectivity index (χ1) is 8.22. The van der Waals surface area contributed by atoms with Gasteiger partial charge in [0.05, 0.1) is 12.3 Å². The van der Waals surface area contributed by atoms with E-state index in [1.165, 1.54) is 0 Å². The average Bonchev–Trinajstić information content (AvgIpc) is 2.73. The molecule has 6 heteroatoms. The third-order valence-electron chi connectivity index (χ3n) is 2.15. The molecule has 2 N–H and O–H groups in total. The number of pyridine rings is 1. The Hall–Kier alpha value is -2.37. The standard InChI is InChI=1S/C11H12N4O2/c1-2-17-11(16)15-10(12)7-9(14-15)8-3-5-13-6-4-8/h3-7H,2,12H2,1H3. The Kier molecular flexibility index (Phi) is 3.04. The van der Waals surface area contributed by atoms with Crippen molar-refractivity contribution in [2.24, 2.45) is 0 Å². The minimum Gasteiger partial charge on any atom is -0.448 e. The summed E-state index contributed by atoms with van der Waals surface area (Å²) >= 11 is 0. The van der Waals surface area contributed by atoms with Gasteiger partial charge in [0.1, 0.15) is 5.82 Å². The topological polar surface area (TPSA) is 83.0 Å². The van der Waals surface area contributed by atoms with Gasteiger partial charge in [-0.1, -0.05) is 0 Å². The van der Waals surface area contributed by atoms with Crippen molar-refractivity contribution in [2.45, 2.75) is 6.92 Å². The van der Waals surface area contributed by atoms with Gasteiger partial charge in [-0.3, -0.25) is 4.98 Å². The van der Waals surface area contributed by atoms with Gasteiger partial charge in [-0.05, 0) is 19.1 Å². The second kappa shape index (κ2) is 4.65. The van der Waals surface area contributed by atoms with Crippen LogP contribution in [0.25, 0.3) is 11.3 Å². The van der Waals surface area contributed by atoms with Crippen molar-refractivity contribution in [2.75, 3.05) is 12.3 Å². The van der Waals surface area contributed by atoms with E-state index in [0.717, 1.165) is 10.2 Å². The zero-order valence-electron chi connectivity index (χ0n) is 9.33. The van der Waals surface area contributed by atoms with Crippen LogP contribution in [-0.4, -0.2) is 27.5 Å². The van der Waals surface area contributed by atoms with Crippen LogP contribution < -0.4 is 5.73 Å². The number of ether oxygens (including phenoxy) is 1. The second-order valence-corrected chi connectivity index (χ2v) is 3.30. The Labute approximate surface area is 98.0 Å². The first-order valence-corrected chi connectivity index (χ1v) is 5.15. The molecule has 0 spiro atoms. The van der Waals surface area contributed by atoms with E-state index in [2.05, 4.69) is 10.1 Å². The van der Waals surface area contributed by atoms with Gasteiger partial charge in [-0.15, -0.1) is 4.68 Å². The summed E-state index contributed by atoms with van der Waals surface area (Å²) in [4.78, 5) is 15.4. The second-order valence-electron chi connectivity index (χ2n) is 3.30. The number of aromatic nitrogens is 3. The van der Waals surface area contributed by atoms with Gasteiger partial charge >= 0.3 is 6.09 Å². The number of anilines is 1. The van der Waals surface area contributed by atoms with Gasteiger partial charge in [-0.2, -0.15) is 5.10 Å². The molecule has 2 aromatic heterocycles. The van der Waals surface area contributed by atoms with Crippen LogP contribution in [0.2, 0.25) is 0 Å². The zero-order chi connectivity index (χ0) is 12.3. The van der Waals surface area contributed by atoms with Gasteiger partial charge in [0.2, 0.25) is 0 Å². The molecule has 2 aromatic rings. The number of nitrogens with zero attached hydrogens (tertiary/aromatic N) is 3. The Morgan fingerprint density at radius 3 is 2.82 bits per heavy atom. The van der Waals surface area contributed by atoms with Gasteiger partial charge in [0.15, 0.2) is 0 Å². The van der Waals surface area contributed by atoms with Crippen LogP contribution in [0.15, 0.2) is 30.6 Å². The van der Waals surface area contributed by atoms with Crippen LogP contribution >= 0.6 is 0 Å². The molecule has 0 radical (unpaired) electrons. The van der Waals surface area contributed by atoms with E-state index >= 15 is 0 Å². The predicted octanol–water partition coefficient (Wildman–Crippen LogP) is 1.53. The fourth-order valence-electron chi connectivity index (χ4n) is 1.39. The van der Waals surface area contributed by atoms with E-state index in [9.17, 15) is 4.79 Å². The van der Waals surface area contributed by atoms with Crippen LogP contribution in [0, 0.1) is 0 Å². The average molecular weight is 232 g/mol. The van der Waals surface area contributed by atoms with Crippen LogP contribution in [0.3, 0.4) is 0 Å². The Morgan fingerprint density at radius 1 is 1.47 bits per heavy atom. The van der Waals surface area contributed by atoms with Crippen LogP contribution in [0.4, 0.5) is 10.6 Å². The molecule has 88 valence electrons.